The molecule has 1 fully saturated rings. The van der Waals surface area contributed by atoms with Gasteiger partial charge < -0.3 is 0 Å². The molecule has 0 spiro atoms. The number of amides is 2. The molecule has 2 rings (SSSR count). The molecule has 2 heterocycles. The molecule has 18 heavy (non-hydrogen) atoms. The summed E-state index contributed by atoms with van der Waals surface area (Å²) in [6.45, 7) is 4.41. The van der Waals surface area contributed by atoms with E-state index in [9.17, 15) is 9.59 Å². The zero-order chi connectivity index (χ0) is 13.1. The van der Waals surface area contributed by atoms with Crippen LogP contribution in [0.2, 0.25) is 0 Å². The fraction of sp³-hybridized carbons (Fsp3) is 0.700. The van der Waals surface area contributed by atoms with Crippen LogP contribution >= 0.6 is 11.8 Å². The molecule has 0 saturated carbocycles. The van der Waals surface area contributed by atoms with Crippen LogP contribution in [0.25, 0.3) is 0 Å². The van der Waals surface area contributed by atoms with E-state index in [4.69, 9.17) is 0 Å². The van der Waals surface area contributed by atoms with Crippen LogP contribution in [-0.2, 0) is 9.59 Å². The lowest BCUT2D eigenvalue weighted by Crippen LogP contribution is -2.31. The highest BCUT2D eigenvalue weighted by molar-refractivity contribution is 7.99. The van der Waals surface area contributed by atoms with Crippen molar-refractivity contribution in [1.29, 1.82) is 0 Å². The Labute approximate surface area is 109 Å². The first-order chi connectivity index (χ1) is 8.59. The lowest BCUT2D eigenvalue weighted by molar-refractivity contribution is -0.137. The SMILES string of the molecule is CC(C)n1nnnc1SCCN1C(=O)CCC1=O. The molecule has 2 amide bonds. The number of tetrazole rings is 1. The monoisotopic (exact) mass is 269 g/mol. The second kappa shape index (κ2) is 5.47. The Morgan fingerprint density at radius 2 is 1.94 bits per heavy atom. The van der Waals surface area contributed by atoms with E-state index in [0.717, 1.165) is 0 Å². The molecule has 1 aromatic heterocycles. The largest absolute Gasteiger partial charge is 0.282 e. The van der Waals surface area contributed by atoms with Crippen LogP contribution in [0, 0.1) is 0 Å². The van der Waals surface area contributed by atoms with E-state index in [1.54, 1.807) is 4.68 Å². The molecular weight excluding hydrogens is 254 g/mol. The summed E-state index contributed by atoms with van der Waals surface area (Å²) in [5.74, 6) is 0.456. The molecule has 0 radical (unpaired) electrons. The summed E-state index contributed by atoms with van der Waals surface area (Å²) in [5, 5.41) is 12.1. The number of hydrogen-bond acceptors (Lipinski definition) is 6. The predicted molar refractivity (Wildman–Crippen MR) is 64.9 cm³/mol. The van der Waals surface area contributed by atoms with Crippen LogP contribution in [0.15, 0.2) is 5.16 Å². The summed E-state index contributed by atoms with van der Waals surface area (Å²) in [4.78, 5) is 24.1. The number of hydrogen-bond donors (Lipinski definition) is 0. The van der Waals surface area contributed by atoms with Gasteiger partial charge in [0.2, 0.25) is 17.0 Å². The number of aromatic nitrogens is 4. The molecule has 1 aliphatic heterocycles. The van der Waals surface area contributed by atoms with Gasteiger partial charge in [-0.25, -0.2) is 4.68 Å². The maximum absolute atomic E-state index is 11.4. The Bertz CT molecular complexity index is 443. The smallest absolute Gasteiger partial charge is 0.229 e. The van der Waals surface area contributed by atoms with Crippen molar-refractivity contribution >= 4 is 23.6 Å². The molecule has 98 valence electrons. The Morgan fingerprint density at radius 1 is 1.28 bits per heavy atom. The third-order valence-corrected chi connectivity index (χ3v) is 3.57. The minimum atomic E-state index is -0.0796. The summed E-state index contributed by atoms with van der Waals surface area (Å²) in [6.07, 6.45) is 0.681. The standard InChI is InChI=1S/C10H15N5O2S/c1-7(2)15-10(11-12-13-15)18-6-5-14-8(16)3-4-9(14)17/h7H,3-6H2,1-2H3. The number of carbonyl (C=O) groups excluding carboxylic acids is 2. The van der Waals surface area contributed by atoms with E-state index < -0.39 is 0 Å². The Morgan fingerprint density at radius 3 is 2.56 bits per heavy atom. The quantitative estimate of drug-likeness (QED) is 0.572. The van der Waals surface area contributed by atoms with Gasteiger partial charge in [-0.15, -0.1) is 5.10 Å². The molecular formula is C10H15N5O2S. The van der Waals surface area contributed by atoms with Crippen molar-refractivity contribution < 1.29 is 9.59 Å². The van der Waals surface area contributed by atoms with Crippen molar-refractivity contribution in [2.75, 3.05) is 12.3 Å². The number of likely N-dealkylation sites (tertiary alicyclic amines) is 1. The van der Waals surface area contributed by atoms with E-state index >= 15 is 0 Å². The van der Waals surface area contributed by atoms with Crippen LogP contribution in [0.5, 0.6) is 0 Å². The Balaban J connectivity index is 1.87. The predicted octanol–water partition coefficient (Wildman–Crippen LogP) is 0.495. The average Bonchev–Trinajstić information content (AvgIpc) is 2.90. The second-order valence-corrected chi connectivity index (χ2v) is 5.35. The van der Waals surface area contributed by atoms with Crippen molar-refractivity contribution in [3.63, 3.8) is 0 Å². The van der Waals surface area contributed by atoms with E-state index in [1.807, 2.05) is 13.8 Å². The van der Waals surface area contributed by atoms with E-state index in [-0.39, 0.29) is 17.9 Å². The summed E-state index contributed by atoms with van der Waals surface area (Å²) >= 11 is 1.45. The Hall–Kier alpha value is -1.44. The van der Waals surface area contributed by atoms with Crippen LogP contribution in [0.4, 0.5) is 0 Å². The van der Waals surface area contributed by atoms with E-state index in [2.05, 4.69) is 15.5 Å². The average molecular weight is 269 g/mol. The van der Waals surface area contributed by atoms with Gasteiger partial charge in [-0.05, 0) is 24.3 Å². The molecule has 0 bridgehead atoms. The summed E-state index contributed by atoms with van der Waals surface area (Å²) in [6, 6.07) is 0.192. The second-order valence-electron chi connectivity index (χ2n) is 4.29. The highest BCUT2D eigenvalue weighted by atomic mass is 32.2. The normalized spacial score (nSPS) is 16.1. The van der Waals surface area contributed by atoms with Crippen molar-refractivity contribution in [3.8, 4) is 0 Å². The molecule has 0 aliphatic carbocycles. The fourth-order valence-electron chi connectivity index (χ4n) is 1.71. The van der Waals surface area contributed by atoms with Crippen molar-refractivity contribution in [2.24, 2.45) is 0 Å². The van der Waals surface area contributed by atoms with Gasteiger partial charge >= 0.3 is 0 Å². The van der Waals surface area contributed by atoms with Gasteiger partial charge in [0.15, 0.2) is 0 Å². The lowest BCUT2D eigenvalue weighted by atomic mass is 10.4. The van der Waals surface area contributed by atoms with Gasteiger partial charge in [0.05, 0.1) is 6.04 Å². The van der Waals surface area contributed by atoms with Crippen LogP contribution in [0.1, 0.15) is 32.7 Å². The van der Waals surface area contributed by atoms with Gasteiger partial charge in [-0.2, -0.15) is 0 Å². The lowest BCUT2D eigenvalue weighted by Gasteiger charge is -2.13. The van der Waals surface area contributed by atoms with Crippen molar-refractivity contribution in [1.82, 2.24) is 25.1 Å². The zero-order valence-electron chi connectivity index (χ0n) is 10.4. The number of carbonyl (C=O) groups is 2. The van der Waals surface area contributed by atoms with Crippen molar-refractivity contribution in [2.45, 2.75) is 37.9 Å². The topological polar surface area (TPSA) is 81.0 Å². The minimum Gasteiger partial charge on any atom is -0.282 e. The van der Waals surface area contributed by atoms with Gasteiger partial charge in [0, 0.05) is 25.1 Å². The van der Waals surface area contributed by atoms with Crippen LogP contribution in [-0.4, -0.2) is 49.2 Å². The fourth-order valence-corrected chi connectivity index (χ4v) is 2.64. The Kier molecular flexibility index (Phi) is 3.95. The zero-order valence-corrected chi connectivity index (χ0v) is 11.2. The van der Waals surface area contributed by atoms with E-state index in [1.165, 1.54) is 16.7 Å². The van der Waals surface area contributed by atoms with Crippen LogP contribution < -0.4 is 0 Å². The minimum absolute atomic E-state index is 0.0796. The van der Waals surface area contributed by atoms with Gasteiger partial charge in [0.1, 0.15) is 0 Å². The first kappa shape index (κ1) is 13.0. The molecule has 1 aliphatic rings. The first-order valence-corrected chi connectivity index (χ1v) is 6.82. The van der Waals surface area contributed by atoms with Crippen LogP contribution in [0.3, 0.4) is 0 Å². The summed E-state index contributed by atoms with van der Waals surface area (Å²) in [5.41, 5.74) is 0. The number of rotatable bonds is 5. The number of nitrogens with zero attached hydrogens (tertiary/aromatic N) is 5. The molecule has 8 heteroatoms. The molecule has 0 aromatic carbocycles. The molecule has 0 atom stereocenters. The number of imide groups is 1. The van der Waals surface area contributed by atoms with Gasteiger partial charge in [-0.1, -0.05) is 11.8 Å². The maximum Gasteiger partial charge on any atom is 0.229 e. The molecule has 0 N–H and O–H groups in total. The highest BCUT2D eigenvalue weighted by Crippen LogP contribution is 2.19. The molecule has 1 aromatic rings. The molecule has 0 unspecified atom stereocenters. The first-order valence-electron chi connectivity index (χ1n) is 5.83. The summed E-state index contributed by atoms with van der Waals surface area (Å²) < 4.78 is 1.72. The maximum atomic E-state index is 11.4. The third kappa shape index (κ3) is 2.69. The third-order valence-electron chi connectivity index (χ3n) is 2.65. The number of thioether (sulfide) groups is 1. The van der Waals surface area contributed by atoms with Gasteiger partial charge in [0.25, 0.3) is 0 Å². The molecule has 1 saturated heterocycles. The molecule has 7 nitrogen and oxygen atoms in total. The van der Waals surface area contributed by atoms with Crippen molar-refractivity contribution in [3.05, 3.63) is 0 Å². The van der Waals surface area contributed by atoms with Gasteiger partial charge in [-0.3, -0.25) is 14.5 Å². The summed E-state index contributed by atoms with van der Waals surface area (Å²) in [7, 11) is 0. The van der Waals surface area contributed by atoms with E-state index in [0.29, 0.717) is 30.3 Å². The highest BCUT2D eigenvalue weighted by Gasteiger charge is 2.28.